The number of carbonyl (C=O) groups excluding carboxylic acids is 1. The fraction of sp³-hybridized carbons (Fsp3) is 0.107. The molecule has 35 heavy (non-hydrogen) atoms. The molecule has 7 heteroatoms. The molecule has 2 N–H and O–H groups in total. The highest BCUT2D eigenvalue weighted by Crippen LogP contribution is 2.24. The number of benzene rings is 3. The topological polar surface area (TPSA) is 84.7 Å². The lowest BCUT2D eigenvalue weighted by Gasteiger charge is -2.12. The number of aromatic nitrogens is 4. The first-order valence-corrected chi connectivity index (χ1v) is 11.4. The highest BCUT2D eigenvalue weighted by molar-refractivity contribution is 5.94. The van der Waals surface area contributed by atoms with Crippen LogP contribution in [0, 0.1) is 6.92 Å². The minimum absolute atomic E-state index is 0.168. The lowest BCUT2D eigenvalue weighted by atomic mass is 9.98. The van der Waals surface area contributed by atoms with E-state index >= 15 is 0 Å². The lowest BCUT2D eigenvalue weighted by molar-refractivity contribution is 0.0951. The van der Waals surface area contributed by atoms with Gasteiger partial charge in [0.2, 0.25) is 0 Å². The third kappa shape index (κ3) is 4.84. The Balaban J connectivity index is 1.27. The number of hydrogen-bond acceptors (Lipinski definition) is 3. The number of hydrogen-bond donors (Lipinski definition) is 2. The summed E-state index contributed by atoms with van der Waals surface area (Å²) in [4.78, 5) is 27.4. The van der Waals surface area contributed by atoms with Crippen LogP contribution in [0.4, 0.5) is 0 Å². The average molecular weight is 464 g/mol. The zero-order valence-electron chi connectivity index (χ0n) is 19.3. The number of amides is 1. The molecule has 0 bridgehead atoms. The Morgan fingerprint density at radius 3 is 2.43 bits per heavy atom. The fourth-order valence-corrected chi connectivity index (χ4v) is 4.14. The van der Waals surface area contributed by atoms with E-state index in [0.717, 1.165) is 28.9 Å². The second kappa shape index (κ2) is 9.69. The Hall–Kier alpha value is -4.65. The van der Waals surface area contributed by atoms with Crippen molar-refractivity contribution in [1.29, 1.82) is 0 Å². The Morgan fingerprint density at radius 2 is 1.74 bits per heavy atom. The van der Waals surface area contributed by atoms with Crippen molar-refractivity contribution in [3.05, 3.63) is 130 Å². The minimum Gasteiger partial charge on any atom is -0.348 e. The van der Waals surface area contributed by atoms with E-state index in [0.29, 0.717) is 17.8 Å². The first-order valence-electron chi connectivity index (χ1n) is 11.4. The molecule has 5 rings (SSSR count). The van der Waals surface area contributed by atoms with Gasteiger partial charge < -0.3 is 10.3 Å². The number of aromatic amines is 1. The molecule has 0 fully saturated rings. The van der Waals surface area contributed by atoms with Crippen LogP contribution in [0.1, 0.15) is 27.2 Å². The number of carbonyl (C=O) groups is 1. The van der Waals surface area contributed by atoms with Gasteiger partial charge in [0.1, 0.15) is 0 Å². The molecule has 0 atom stereocenters. The van der Waals surface area contributed by atoms with Gasteiger partial charge >= 0.3 is 5.69 Å². The predicted octanol–water partition coefficient (Wildman–Crippen LogP) is 4.32. The number of H-pyrrole nitrogens is 1. The van der Waals surface area contributed by atoms with Crippen LogP contribution in [0.25, 0.3) is 16.8 Å². The monoisotopic (exact) mass is 463 g/mol. The van der Waals surface area contributed by atoms with Crippen LogP contribution in [0.15, 0.2) is 102 Å². The van der Waals surface area contributed by atoms with Gasteiger partial charge in [0.25, 0.3) is 5.91 Å². The summed E-state index contributed by atoms with van der Waals surface area (Å²) in [6.45, 7) is 2.98. The molecule has 0 unspecified atom stereocenters. The van der Waals surface area contributed by atoms with Gasteiger partial charge in [-0.05, 0) is 59.5 Å². The first-order chi connectivity index (χ1) is 17.1. The van der Waals surface area contributed by atoms with Crippen molar-refractivity contribution in [3.8, 4) is 16.8 Å². The molecule has 0 saturated carbocycles. The van der Waals surface area contributed by atoms with E-state index in [1.165, 1.54) is 5.56 Å². The number of rotatable bonds is 7. The lowest BCUT2D eigenvalue weighted by Crippen LogP contribution is -2.23. The summed E-state index contributed by atoms with van der Waals surface area (Å²) in [5.74, 6) is -0.168. The maximum absolute atomic E-state index is 12.8. The first kappa shape index (κ1) is 22.2. The van der Waals surface area contributed by atoms with Gasteiger partial charge in [-0.25, -0.2) is 4.79 Å². The van der Waals surface area contributed by atoms with Crippen molar-refractivity contribution in [3.63, 3.8) is 0 Å². The summed E-state index contributed by atoms with van der Waals surface area (Å²) in [6, 6.07) is 25.4. The molecule has 0 spiro atoms. The van der Waals surface area contributed by atoms with Gasteiger partial charge in [0, 0.05) is 36.4 Å². The molecular weight excluding hydrogens is 438 g/mol. The summed E-state index contributed by atoms with van der Waals surface area (Å²) in [5, 5.41) is 7.28. The molecule has 0 aliphatic carbocycles. The molecule has 1 amide bonds. The van der Waals surface area contributed by atoms with Crippen molar-refractivity contribution in [1.82, 2.24) is 24.6 Å². The van der Waals surface area contributed by atoms with Crippen LogP contribution in [0.2, 0.25) is 0 Å². The van der Waals surface area contributed by atoms with Crippen molar-refractivity contribution in [2.75, 3.05) is 0 Å². The van der Waals surface area contributed by atoms with Gasteiger partial charge in [-0.15, -0.1) is 0 Å². The minimum atomic E-state index is -0.203. The number of nitrogens with zero attached hydrogens (tertiary/aromatic N) is 3. The Bertz CT molecular complexity index is 1490. The molecule has 0 saturated heterocycles. The predicted molar refractivity (Wildman–Crippen MR) is 136 cm³/mol. The maximum atomic E-state index is 12.8. The summed E-state index contributed by atoms with van der Waals surface area (Å²) in [7, 11) is 0. The zero-order valence-corrected chi connectivity index (χ0v) is 19.3. The molecule has 0 aliphatic rings. The molecule has 2 aromatic heterocycles. The molecule has 2 heterocycles. The van der Waals surface area contributed by atoms with Crippen molar-refractivity contribution >= 4 is 5.91 Å². The van der Waals surface area contributed by atoms with Crippen molar-refractivity contribution in [2.24, 2.45) is 0 Å². The van der Waals surface area contributed by atoms with Crippen LogP contribution in [0.3, 0.4) is 0 Å². The third-order valence-corrected chi connectivity index (χ3v) is 5.97. The quantitative estimate of drug-likeness (QED) is 0.377. The number of aryl methyl sites for hydroxylation is 1. The maximum Gasteiger partial charge on any atom is 0.330 e. The molecule has 0 radical (unpaired) electrons. The summed E-state index contributed by atoms with van der Waals surface area (Å²) >= 11 is 0. The Labute approximate surface area is 202 Å². The van der Waals surface area contributed by atoms with Gasteiger partial charge in [-0.3, -0.25) is 14.0 Å². The van der Waals surface area contributed by atoms with E-state index < -0.39 is 0 Å². The third-order valence-electron chi connectivity index (χ3n) is 5.97. The smallest absolute Gasteiger partial charge is 0.330 e. The van der Waals surface area contributed by atoms with E-state index in [4.69, 9.17) is 0 Å². The number of nitrogens with one attached hydrogen (secondary N) is 2. The molecule has 0 aliphatic heterocycles. The molecular formula is C28H25N5O2. The zero-order chi connectivity index (χ0) is 24.2. The average Bonchev–Trinajstić information content (AvgIpc) is 3.52. The van der Waals surface area contributed by atoms with Gasteiger partial charge in [0.15, 0.2) is 0 Å². The summed E-state index contributed by atoms with van der Waals surface area (Å²) < 4.78 is 3.46. The van der Waals surface area contributed by atoms with Crippen LogP contribution >= 0.6 is 0 Å². The van der Waals surface area contributed by atoms with Crippen LogP contribution in [0.5, 0.6) is 0 Å². The van der Waals surface area contributed by atoms with Gasteiger partial charge in [-0.1, -0.05) is 48.5 Å². The number of imidazole rings is 1. The molecule has 7 nitrogen and oxygen atoms in total. The Morgan fingerprint density at radius 1 is 0.971 bits per heavy atom. The summed E-state index contributed by atoms with van der Waals surface area (Å²) in [6.07, 6.45) is 5.38. The molecule has 174 valence electrons. The molecule has 3 aromatic carbocycles. The van der Waals surface area contributed by atoms with E-state index in [9.17, 15) is 9.59 Å². The summed E-state index contributed by atoms with van der Waals surface area (Å²) in [5.41, 5.74) is 6.23. The fourth-order valence-electron chi connectivity index (χ4n) is 4.14. The van der Waals surface area contributed by atoms with Crippen molar-refractivity contribution in [2.45, 2.75) is 20.0 Å². The van der Waals surface area contributed by atoms with E-state index in [2.05, 4.69) is 45.7 Å². The van der Waals surface area contributed by atoms with Gasteiger partial charge in [-0.2, -0.15) is 5.10 Å². The van der Waals surface area contributed by atoms with E-state index in [1.807, 2.05) is 42.1 Å². The normalized spacial score (nSPS) is 10.9. The van der Waals surface area contributed by atoms with Crippen LogP contribution in [-0.4, -0.2) is 25.2 Å². The van der Waals surface area contributed by atoms with Gasteiger partial charge in [0.05, 0.1) is 12.2 Å². The largest absolute Gasteiger partial charge is 0.348 e. The van der Waals surface area contributed by atoms with Crippen LogP contribution in [-0.2, 0) is 13.1 Å². The second-order valence-corrected chi connectivity index (χ2v) is 8.36. The van der Waals surface area contributed by atoms with E-state index in [-0.39, 0.29) is 11.6 Å². The van der Waals surface area contributed by atoms with Crippen LogP contribution < -0.4 is 11.0 Å². The standard InChI is InChI=1S/C28H25N5O2/c1-20-17-30-28(35)33(20)25-13-11-23(12-14-25)27(34)29-18-24-5-2-3-6-26(24)22-9-7-21(8-10-22)19-32-16-4-15-31-32/h2-17H,18-19H2,1H3,(H,29,34)(H,30,35). The van der Waals surface area contributed by atoms with E-state index in [1.54, 1.807) is 41.2 Å². The second-order valence-electron chi connectivity index (χ2n) is 8.36. The van der Waals surface area contributed by atoms with Crippen molar-refractivity contribution < 1.29 is 4.79 Å². The highest BCUT2D eigenvalue weighted by Gasteiger charge is 2.10. The highest BCUT2D eigenvalue weighted by atomic mass is 16.2. The Kier molecular flexibility index (Phi) is 6.13. The SMILES string of the molecule is Cc1c[nH]c(=O)n1-c1ccc(C(=O)NCc2ccccc2-c2ccc(Cn3cccn3)cc2)cc1. The molecule has 5 aromatic rings.